The second-order valence-corrected chi connectivity index (χ2v) is 6.07. The first-order valence-electron chi connectivity index (χ1n) is 5.15. The highest BCUT2D eigenvalue weighted by Crippen LogP contribution is 2.16. The average molecular weight is 264 g/mol. The van der Waals surface area contributed by atoms with Gasteiger partial charge in [-0.2, -0.15) is 4.98 Å². The van der Waals surface area contributed by atoms with Crippen molar-refractivity contribution in [3.8, 4) is 11.4 Å². The molecule has 7 heteroatoms. The lowest BCUT2D eigenvalue weighted by Crippen LogP contribution is -2.01. The number of sulfone groups is 1. The average Bonchev–Trinajstić information content (AvgIpc) is 2.28. The van der Waals surface area contributed by atoms with Crippen LogP contribution in [0, 0.1) is 0 Å². The third-order valence-corrected chi connectivity index (χ3v) is 3.09. The maximum Gasteiger partial charge on any atom is 0.223 e. The van der Waals surface area contributed by atoms with Crippen molar-refractivity contribution in [1.82, 2.24) is 15.0 Å². The van der Waals surface area contributed by atoms with Crippen LogP contribution in [0.4, 0.5) is 5.95 Å². The lowest BCUT2D eigenvalue weighted by atomic mass is 10.1. The van der Waals surface area contributed by atoms with Gasteiger partial charge in [0.05, 0.1) is 5.75 Å². The lowest BCUT2D eigenvalue weighted by molar-refractivity contribution is 0.601. The molecular weight excluding hydrogens is 252 g/mol. The number of nitrogen functional groups attached to an aromatic ring is 1. The molecule has 1 aromatic carbocycles. The van der Waals surface area contributed by atoms with Crippen LogP contribution >= 0.6 is 0 Å². The molecule has 0 fully saturated rings. The van der Waals surface area contributed by atoms with E-state index in [1.165, 1.54) is 12.6 Å². The van der Waals surface area contributed by atoms with Gasteiger partial charge in [-0.1, -0.05) is 24.3 Å². The minimum atomic E-state index is -3.02. The van der Waals surface area contributed by atoms with Crippen LogP contribution in [0.3, 0.4) is 0 Å². The Morgan fingerprint density at radius 3 is 2.39 bits per heavy atom. The second kappa shape index (κ2) is 4.69. The summed E-state index contributed by atoms with van der Waals surface area (Å²) in [6, 6.07) is 6.98. The highest BCUT2D eigenvalue weighted by atomic mass is 32.2. The van der Waals surface area contributed by atoms with E-state index in [9.17, 15) is 8.42 Å². The van der Waals surface area contributed by atoms with Gasteiger partial charge in [-0.3, -0.25) is 0 Å². The standard InChI is InChI=1S/C11H12N4O2S/c1-18(16,17)6-8-2-4-9(5-3-8)10-13-7-14-11(12)15-10/h2-5,7H,6H2,1H3,(H2,12,13,14,15). The summed E-state index contributed by atoms with van der Waals surface area (Å²) < 4.78 is 22.3. The summed E-state index contributed by atoms with van der Waals surface area (Å²) in [4.78, 5) is 11.7. The number of benzene rings is 1. The van der Waals surface area contributed by atoms with E-state index in [0.717, 1.165) is 11.1 Å². The van der Waals surface area contributed by atoms with Crippen molar-refractivity contribution in [2.45, 2.75) is 5.75 Å². The van der Waals surface area contributed by atoms with Crippen molar-refractivity contribution in [3.05, 3.63) is 36.2 Å². The smallest absolute Gasteiger partial charge is 0.223 e. The summed E-state index contributed by atoms with van der Waals surface area (Å²) >= 11 is 0. The van der Waals surface area contributed by atoms with E-state index >= 15 is 0 Å². The Bertz CT molecular complexity index is 653. The van der Waals surface area contributed by atoms with E-state index in [1.807, 2.05) is 0 Å². The first-order chi connectivity index (χ1) is 8.44. The van der Waals surface area contributed by atoms with Gasteiger partial charge in [-0.05, 0) is 5.56 Å². The Balaban J connectivity index is 2.28. The van der Waals surface area contributed by atoms with Gasteiger partial charge in [0.1, 0.15) is 6.33 Å². The van der Waals surface area contributed by atoms with Crippen LogP contribution in [0.1, 0.15) is 5.56 Å². The Morgan fingerprint density at radius 2 is 1.83 bits per heavy atom. The van der Waals surface area contributed by atoms with Crippen LogP contribution in [0.5, 0.6) is 0 Å². The zero-order valence-electron chi connectivity index (χ0n) is 9.74. The quantitative estimate of drug-likeness (QED) is 0.874. The molecule has 0 unspecified atom stereocenters. The summed E-state index contributed by atoms with van der Waals surface area (Å²) in [5.74, 6) is 0.640. The minimum Gasteiger partial charge on any atom is -0.368 e. The third-order valence-electron chi connectivity index (χ3n) is 2.23. The fourth-order valence-corrected chi connectivity index (χ4v) is 2.30. The molecule has 0 radical (unpaired) electrons. The molecule has 6 nitrogen and oxygen atoms in total. The predicted octanol–water partition coefficient (Wildman–Crippen LogP) is 0.665. The number of hydrogen-bond donors (Lipinski definition) is 1. The summed E-state index contributed by atoms with van der Waals surface area (Å²) in [7, 11) is -3.02. The number of nitrogens with two attached hydrogens (primary N) is 1. The van der Waals surface area contributed by atoms with Gasteiger partial charge < -0.3 is 5.73 Å². The largest absolute Gasteiger partial charge is 0.368 e. The molecule has 2 rings (SSSR count). The minimum absolute atomic E-state index is 0.0205. The molecule has 0 spiro atoms. The molecule has 94 valence electrons. The molecule has 0 bridgehead atoms. The van der Waals surface area contributed by atoms with Gasteiger partial charge in [0.25, 0.3) is 0 Å². The molecule has 1 aromatic heterocycles. The van der Waals surface area contributed by atoms with Crippen molar-refractivity contribution in [3.63, 3.8) is 0 Å². The van der Waals surface area contributed by atoms with E-state index in [-0.39, 0.29) is 11.7 Å². The Hall–Kier alpha value is -2.02. The number of hydrogen-bond acceptors (Lipinski definition) is 6. The molecule has 0 saturated carbocycles. The first kappa shape index (κ1) is 12.4. The fourth-order valence-electron chi connectivity index (χ4n) is 1.50. The van der Waals surface area contributed by atoms with E-state index in [2.05, 4.69) is 15.0 Å². The zero-order chi connectivity index (χ0) is 13.2. The molecule has 0 aliphatic heterocycles. The third kappa shape index (κ3) is 3.24. The Morgan fingerprint density at radius 1 is 1.17 bits per heavy atom. The van der Waals surface area contributed by atoms with Crippen LogP contribution in [-0.4, -0.2) is 29.6 Å². The van der Waals surface area contributed by atoms with Gasteiger partial charge in [-0.25, -0.2) is 18.4 Å². The molecule has 1 heterocycles. The first-order valence-corrected chi connectivity index (χ1v) is 7.22. The lowest BCUT2D eigenvalue weighted by Gasteiger charge is -2.02. The van der Waals surface area contributed by atoms with Gasteiger partial charge >= 0.3 is 0 Å². The van der Waals surface area contributed by atoms with Crippen LogP contribution in [0.2, 0.25) is 0 Å². The second-order valence-electron chi connectivity index (χ2n) is 3.93. The highest BCUT2D eigenvalue weighted by molar-refractivity contribution is 7.89. The van der Waals surface area contributed by atoms with Gasteiger partial charge in [0.2, 0.25) is 5.95 Å². The molecule has 2 N–H and O–H groups in total. The van der Waals surface area contributed by atoms with Gasteiger partial charge in [0.15, 0.2) is 15.7 Å². The Labute approximate surface area is 105 Å². The molecule has 0 amide bonds. The topological polar surface area (TPSA) is 98.8 Å². The molecular formula is C11H12N4O2S. The van der Waals surface area contributed by atoms with Crippen molar-refractivity contribution < 1.29 is 8.42 Å². The van der Waals surface area contributed by atoms with Gasteiger partial charge in [0, 0.05) is 11.8 Å². The molecule has 18 heavy (non-hydrogen) atoms. The number of anilines is 1. The number of nitrogens with zero attached hydrogens (tertiary/aromatic N) is 3. The van der Waals surface area contributed by atoms with Crippen molar-refractivity contribution >= 4 is 15.8 Å². The monoisotopic (exact) mass is 264 g/mol. The van der Waals surface area contributed by atoms with Crippen molar-refractivity contribution in [2.24, 2.45) is 0 Å². The van der Waals surface area contributed by atoms with Crippen LogP contribution < -0.4 is 5.73 Å². The SMILES string of the molecule is CS(=O)(=O)Cc1ccc(-c2ncnc(N)n2)cc1. The summed E-state index contributed by atoms with van der Waals surface area (Å²) in [5.41, 5.74) is 6.96. The van der Waals surface area contributed by atoms with Crippen LogP contribution in [0.25, 0.3) is 11.4 Å². The molecule has 0 saturated heterocycles. The summed E-state index contributed by atoms with van der Waals surface area (Å²) in [5, 5.41) is 0. The van der Waals surface area contributed by atoms with Crippen LogP contribution in [-0.2, 0) is 15.6 Å². The highest BCUT2D eigenvalue weighted by Gasteiger charge is 2.06. The van der Waals surface area contributed by atoms with E-state index in [4.69, 9.17) is 5.73 Å². The molecule has 2 aromatic rings. The van der Waals surface area contributed by atoms with Crippen LogP contribution in [0.15, 0.2) is 30.6 Å². The Kier molecular flexibility index (Phi) is 3.24. The molecule has 0 aliphatic carbocycles. The van der Waals surface area contributed by atoms with E-state index < -0.39 is 9.84 Å². The number of rotatable bonds is 3. The summed E-state index contributed by atoms with van der Waals surface area (Å²) in [6.07, 6.45) is 2.54. The maximum absolute atomic E-state index is 11.2. The zero-order valence-corrected chi connectivity index (χ0v) is 10.6. The maximum atomic E-state index is 11.2. The summed E-state index contributed by atoms with van der Waals surface area (Å²) in [6.45, 7) is 0. The van der Waals surface area contributed by atoms with Crippen molar-refractivity contribution in [1.29, 1.82) is 0 Å². The number of aromatic nitrogens is 3. The van der Waals surface area contributed by atoms with Crippen molar-refractivity contribution in [2.75, 3.05) is 12.0 Å². The fraction of sp³-hybridized carbons (Fsp3) is 0.182. The normalized spacial score (nSPS) is 11.4. The molecule has 0 atom stereocenters. The molecule has 0 aliphatic rings. The predicted molar refractivity (Wildman–Crippen MR) is 68.2 cm³/mol. The van der Waals surface area contributed by atoms with E-state index in [0.29, 0.717) is 5.82 Å². The van der Waals surface area contributed by atoms with Gasteiger partial charge in [-0.15, -0.1) is 0 Å². The van der Waals surface area contributed by atoms with E-state index in [1.54, 1.807) is 24.3 Å².